The molecule has 76 valence electrons. The third-order valence-corrected chi connectivity index (χ3v) is 2.60. The highest BCUT2D eigenvalue weighted by Gasteiger charge is 2.11. The molecule has 0 heterocycles. The molecule has 0 aliphatic heterocycles. The topological polar surface area (TPSA) is 37.3 Å². The maximum Gasteiger partial charge on any atom is 0.303 e. The Labute approximate surface area is 89.9 Å². The Morgan fingerprint density at radius 3 is 2.79 bits per heavy atom. The molecule has 0 radical (unpaired) electrons. The zero-order valence-corrected chi connectivity index (χ0v) is 9.21. The third kappa shape index (κ3) is 2.80. The van der Waals surface area contributed by atoms with Gasteiger partial charge < -0.3 is 5.11 Å². The van der Waals surface area contributed by atoms with Crippen LogP contribution in [-0.4, -0.2) is 11.1 Å². The molecule has 0 saturated carbocycles. The minimum atomic E-state index is -0.849. The third-order valence-electron chi connectivity index (χ3n) is 1.99. The molecular formula is C10H10BrFO2. The van der Waals surface area contributed by atoms with Gasteiger partial charge in [-0.15, -0.1) is 0 Å². The summed E-state index contributed by atoms with van der Waals surface area (Å²) in [5.41, 5.74) is 0.820. The van der Waals surface area contributed by atoms with Crippen LogP contribution in [0.4, 0.5) is 4.39 Å². The summed E-state index contributed by atoms with van der Waals surface area (Å²) in [5.74, 6) is -1.29. The Balaban J connectivity index is 2.85. The van der Waals surface area contributed by atoms with Gasteiger partial charge in [0.2, 0.25) is 0 Å². The fourth-order valence-corrected chi connectivity index (χ4v) is 1.60. The Morgan fingerprint density at radius 1 is 1.64 bits per heavy atom. The first-order valence-electron chi connectivity index (χ1n) is 4.17. The van der Waals surface area contributed by atoms with Crippen molar-refractivity contribution in [3.8, 4) is 0 Å². The minimum Gasteiger partial charge on any atom is -0.481 e. The molecule has 1 N–H and O–H groups in total. The molecule has 0 amide bonds. The van der Waals surface area contributed by atoms with E-state index >= 15 is 0 Å². The molecular weight excluding hydrogens is 251 g/mol. The van der Waals surface area contributed by atoms with E-state index in [-0.39, 0.29) is 18.2 Å². The predicted octanol–water partition coefficient (Wildman–Crippen LogP) is 3.17. The SMILES string of the molecule is C[C@@H](CC(=O)O)c1ccc(F)c(Br)c1. The van der Waals surface area contributed by atoms with Gasteiger partial charge in [0.1, 0.15) is 5.82 Å². The average molecular weight is 261 g/mol. The summed E-state index contributed by atoms with van der Waals surface area (Å²) >= 11 is 3.06. The smallest absolute Gasteiger partial charge is 0.303 e. The number of carboxylic acid groups (broad SMARTS) is 1. The standard InChI is InChI=1S/C10H10BrFO2/c1-6(4-10(13)14)7-2-3-9(12)8(11)5-7/h2-3,5-6H,4H2,1H3,(H,13,14)/t6-/m0/s1. The number of hydrogen-bond acceptors (Lipinski definition) is 1. The second-order valence-electron chi connectivity index (χ2n) is 3.17. The van der Waals surface area contributed by atoms with Crippen LogP contribution in [0, 0.1) is 5.82 Å². The summed E-state index contributed by atoms with van der Waals surface area (Å²) in [6.07, 6.45) is 0.0536. The minimum absolute atomic E-state index is 0.0536. The number of carbonyl (C=O) groups is 1. The van der Waals surface area contributed by atoms with Crippen molar-refractivity contribution in [3.63, 3.8) is 0 Å². The number of rotatable bonds is 3. The summed E-state index contributed by atoms with van der Waals surface area (Å²) in [6, 6.07) is 4.55. The highest BCUT2D eigenvalue weighted by atomic mass is 79.9. The molecule has 0 saturated heterocycles. The average Bonchev–Trinajstić information content (AvgIpc) is 2.08. The van der Waals surface area contributed by atoms with E-state index in [9.17, 15) is 9.18 Å². The molecule has 1 rings (SSSR count). The Hall–Kier alpha value is -0.900. The monoisotopic (exact) mass is 260 g/mol. The van der Waals surface area contributed by atoms with E-state index in [0.717, 1.165) is 5.56 Å². The van der Waals surface area contributed by atoms with Crippen molar-refractivity contribution in [3.05, 3.63) is 34.1 Å². The Bertz CT molecular complexity index is 352. The van der Waals surface area contributed by atoms with Gasteiger partial charge in [0.25, 0.3) is 0 Å². The number of halogens is 2. The lowest BCUT2D eigenvalue weighted by Crippen LogP contribution is -2.02. The lowest BCUT2D eigenvalue weighted by molar-refractivity contribution is -0.137. The van der Waals surface area contributed by atoms with Crippen molar-refractivity contribution in [2.24, 2.45) is 0 Å². The summed E-state index contributed by atoms with van der Waals surface area (Å²) in [4.78, 5) is 10.4. The van der Waals surface area contributed by atoms with Gasteiger partial charge in [-0.05, 0) is 39.5 Å². The number of carboxylic acids is 1. The van der Waals surface area contributed by atoms with Crippen LogP contribution >= 0.6 is 15.9 Å². The van der Waals surface area contributed by atoms with Crippen molar-refractivity contribution in [1.82, 2.24) is 0 Å². The van der Waals surface area contributed by atoms with Crippen LogP contribution in [0.2, 0.25) is 0 Å². The summed E-state index contributed by atoms with van der Waals surface area (Å²) < 4.78 is 13.2. The maximum absolute atomic E-state index is 12.9. The predicted molar refractivity (Wildman–Crippen MR) is 54.8 cm³/mol. The van der Waals surface area contributed by atoms with Gasteiger partial charge in [-0.1, -0.05) is 13.0 Å². The summed E-state index contributed by atoms with van der Waals surface area (Å²) in [5, 5.41) is 8.58. The van der Waals surface area contributed by atoms with E-state index in [1.54, 1.807) is 19.1 Å². The quantitative estimate of drug-likeness (QED) is 0.907. The van der Waals surface area contributed by atoms with Gasteiger partial charge in [-0.25, -0.2) is 4.39 Å². The fraction of sp³-hybridized carbons (Fsp3) is 0.300. The van der Waals surface area contributed by atoms with Crippen molar-refractivity contribution >= 4 is 21.9 Å². The van der Waals surface area contributed by atoms with E-state index < -0.39 is 5.97 Å². The van der Waals surface area contributed by atoms with Crippen LogP contribution in [0.3, 0.4) is 0 Å². The Kier molecular flexibility index (Phi) is 3.63. The first-order chi connectivity index (χ1) is 6.50. The molecule has 14 heavy (non-hydrogen) atoms. The molecule has 2 nitrogen and oxygen atoms in total. The molecule has 4 heteroatoms. The van der Waals surface area contributed by atoms with Gasteiger partial charge >= 0.3 is 5.97 Å². The molecule has 0 aliphatic rings. The van der Waals surface area contributed by atoms with E-state index in [0.29, 0.717) is 4.47 Å². The number of aliphatic carboxylic acids is 1. The van der Waals surface area contributed by atoms with Crippen LogP contribution in [0.25, 0.3) is 0 Å². The van der Waals surface area contributed by atoms with Gasteiger partial charge in [-0.3, -0.25) is 4.79 Å². The lowest BCUT2D eigenvalue weighted by atomic mass is 9.98. The van der Waals surface area contributed by atoms with Crippen molar-refractivity contribution in [2.45, 2.75) is 19.3 Å². The lowest BCUT2D eigenvalue weighted by Gasteiger charge is -2.09. The summed E-state index contributed by atoms with van der Waals surface area (Å²) in [6.45, 7) is 1.80. The zero-order chi connectivity index (χ0) is 10.7. The first kappa shape index (κ1) is 11.2. The molecule has 1 aromatic rings. The van der Waals surface area contributed by atoms with E-state index in [4.69, 9.17) is 5.11 Å². The zero-order valence-electron chi connectivity index (χ0n) is 7.63. The molecule has 0 fully saturated rings. The van der Waals surface area contributed by atoms with Crippen LogP contribution in [0.1, 0.15) is 24.8 Å². The van der Waals surface area contributed by atoms with Crippen molar-refractivity contribution < 1.29 is 14.3 Å². The second kappa shape index (κ2) is 4.55. The molecule has 0 bridgehead atoms. The molecule has 0 aromatic heterocycles. The molecule has 0 spiro atoms. The highest BCUT2D eigenvalue weighted by Crippen LogP contribution is 2.24. The molecule has 1 aromatic carbocycles. The molecule has 1 atom stereocenters. The summed E-state index contributed by atoms with van der Waals surface area (Å²) in [7, 11) is 0. The van der Waals surface area contributed by atoms with E-state index in [1.165, 1.54) is 6.07 Å². The van der Waals surface area contributed by atoms with Gasteiger partial charge in [0, 0.05) is 0 Å². The van der Waals surface area contributed by atoms with Crippen LogP contribution in [0.15, 0.2) is 22.7 Å². The van der Waals surface area contributed by atoms with Gasteiger partial charge in [0.15, 0.2) is 0 Å². The maximum atomic E-state index is 12.9. The van der Waals surface area contributed by atoms with Crippen molar-refractivity contribution in [1.29, 1.82) is 0 Å². The fourth-order valence-electron chi connectivity index (χ4n) is 1.20. The van der Waals surface area contributed by atoms with E-state index in [1.807, 2.05) is 0 Å². The second-order valence-corrected chi connectivity index (χ2v) is 4.03. The van der Waals surface area contributed by atoms with E-state index in [2.05, 4.69) is 15.9 Å². The number of benzene rings is 1. The highest BCUT2D eigenvalue weighted by molar-refractivity contribution is 9.10. The van der Waals surface area contributed by atoms with Crippen LogP contribution in [-0.2, 0) is 4.79 Å². The number of hydrogen-bond donors (Lipinski definition) is 1. The van der Waals surface area contributed by atoms with Gasteiger partial charge in [-0.2, -0.15) is 0 Å². The molecule has 0 unspecified atom stereocenters. The normalized spacial score (nSPS) is 12.5. The first-order valence-corrected chi connectivity index (χ1v) is 4.96. The Morgan fingerprint density at radius 2 is 2.29 bits per heavy atom. The molecule has 0 aliphatic carbocycles. The van der Waals surface area contributed by atoms with Gasteiger partial charge in [0.05, 0.1) is 10.9 Å². The largest absolute Gasteiger partial charge is 0.481 e. The van der Waals surface area contributed by atoms with Crippen molar-refractivity contribution in [2.75, 3.05) is 0 Å². The van der Waals surface area contributed by atoms with Crippen LogP contribution in [0.5, 0.6) is 0 Å². The van der Waals surface area contributed by atoms with Crippen LogP contribution < -0.4 is 0 Å².